The van der Waals surface area contributed by atoms with E-state index in [4.69, 9.17) is 9.47 Å². The molecule has 1 aromatic rings. The molecule has 1 atom stereocenters. The summed E-state index contributed by atoms with van der Waals surface area (Å²) >= 11 is 0. The lowest BCUT2D eigenvalue weighted by Gasteiger charge is -2.14. The number of carbonyl (C=O) groups is 3. The molecule has 0 aliphatic heterocycles. The fraction of sp³-hybridized carbons (Fsp3) is 0.526. The molecule has 0 aliphatic rings. The maximum absolute atomic E-state index is 12.0. The maximum atomic E-state index is 12.0. The van der Waals surface area contributed by atoms with Crippen LogP contribution in [0.15, 0.2) is 24.3 Å². The quantitative estimate of drug-likeness (QED) is 0.618. The molecule has 2 amide bonds. The van der Waals surface area contributed by atoms with E-state index in [9.17, 15) is 14.4 Å². The van der Waals surface area contributed by atoms with Gasteiger partial charge in [-0.25, -0.2) is 4.79 Å². The SMILES string of the molecule is CCCNC(=O)[C@H](C)NC(=O)COC(=O)c1ccc(COC(C)C)cc1. The number of ether oxygens (including phenoxy) is 2. The smallest absolute Gasteiger partial charge is 0.338 e. The first-order chi connectivity index (χ1) is 12.3. The van der Waals surface area contributed by atoms with Gasteiger partial charge in [0.05, 0.1) is 18.3 Å². The average Bonchev–Trinajstić information content (AvgIpc) is 2.62. The van der Waals surface area contributed by atoms with Gasteiger partial charge in [0.1, 0.15) is 6.04 Å². The highest BCUT2D eigenvalue weighted by Gasteiger charge is 2.16. The van der Waals surface area contributed by atoms with Gasteiger partial charge < -0.3 is 20.1 Å². The molecule has 0 aromatic heterocycles. The van der Waals surface area contributed by atoms with Crippen molar-refractivity contribution in [1.29, 1.82) is 0 Å². The van der Waals surface area contributed by atoms with Gasteiger partial charge in [-0.2, -0.15) is 0 Å². The summed E-state index contributed by atoms with van der Waals surface area (Å²) in [7, 11) is 0. The summed E-state index contributed by atoms with van der Waals surface area (Å²) in [6.07, 6.45) is 0.941. The second-order valence-corrected chi connectivity index (χ2v) is 6.21. The fourth-order valence-corrected chi connectivity index (χ4v) is 1.96. The van der Waals surface area contributed by atoms with Gasteiger partial charge in [0, 0.05) is 6.54 Å². The van der Waals surface area contributed by atoms with Crippen molar-refractivity contribution in [2.75, 3.05) is 13.2 Å². The Balaban J connectivity index is 2.40. The minimum Gasteiger partial charge on any atom is -0.452 e. The van der Waals surface area contributed by atoms with Gasteiger partial charge in [0.25, 0.3) is 5.91 Å². The summed E-state index contributed by atoms with van der Waals surface area (Å²) in [5.74, 6) is -1.40. The number of hydrogen-bond acceptors (Lipinski definition) is 5. The highest BCUT2D eigenvalue weighted by atomic mass is 16.5. The summed E-state index contributed by atoms with van der Waals surface area (Å²) in [6.45, 7) is 7.98. The third-order valence-electron chi connectivity index (χ3n) is 3.43. The van der Waals surface area contributed by atoms with Crippen LogP contribution in [0.2, 0.25) is 0 Å². The van der Waals surface area contributed by atoms with E-state index in [0.29, 0.717) is 18.7 Å². The number of benzene rings is 1. The molecule has 0 bridgehead atoms. The van der Waals surface area contributed by atoms with Gasteiger partial charge in [-0.15, -0.1) is 0 Å². The minimum absolute atomic E-state index is 0.129. The molecule has 7 nitrogen and oxygen atoms in total. The number of carbonyl (C=O) groups excluding carboxylic acids is 3. The molecule has 0 saturated heterocycles. The number of rotatable bonds is 10. The van der Waals surface area contributed by atoms with Crippen molar-refractivity contribution < 1.29 is 23.9 Å². The number of esters is 1. The molecule has 7 heteroatoms. The van der Waals surface area contributed by atoms with E-state index in [1.165, 1.54) is 0 Å². The molecule has 1 rings (SSSR count). The molecule has 0 fully saturated rings. The summed E-state index contributed by atoms with van der Waals surface area (Å²) in [4.78, 5) is 35.4. The Labute approximate surface area is 154 Å². The Hall–Kier alpha value is -2.41. The van der Waals surface area contributed by atoms with Gasteiger partial charge in [-0.3, -0.25) is 9.59 Å². The van der Waals surface area contributed by atoms with Crippen LogP contribution in [0.5, 0.6) is 0 Å². The van der Waals surface area contributed by atoms with Crippen LogP contribution in [0.4, 0.5) is 0 Å². The number of hydrogen-bond donors (Lipinski definition) is 2. The molecular weight excluding hydrogens is 336 g/mol. The zero-order valence-corrected chi connectivity index (χ0v) is 15.8. The van der Waals surface area contributed by atoms with E-state index in [2.05, 4.69) is 10.6 Å². The lowest BCUT2D eigenvalue weighted by Crippen LogP contribution is -2.46. The largest absolute Gasteiger partial charge is 0.452 e. The fourth-order valence-electron chi connectivity index (χ4n) is 1.96. The summed E-state index contributed by atoms with van der Waals surface area (Å²) < 4.78 is 10.5. The average molecular weight is 364 g/mol. The Morgan fingerprint density at radius 2 is 1.73 bits per heavy atom. The molecule has 0 saturated carbocycles. The lowest BCUT2D eigenvalue weighted by atomic mass is 10.1. The number of amides is 2. The molecular formula is C19H28N2O5. The lowest BCUT2D eigenvalue weighted by molar-refractivity contribution is -0.130. The van der Waals surface area contributed by atoms with E-state index >= 15 is 0 Å². The Morgan fingerprint density at radius 3 is 2.31 bits per heavy atom. The molecule has 26 heavy (non-hydrogen) atoms. The van der Waals surface area contributed by atoms with Crippen molar-refractivity contribution in [3.63, 3.8) is 0 Å². The molecule has 1 aromatic carbocycles. The predicted molar refractivity (Wildman–Crippen MR) is 97.6 cm³/mol. The topological polar surface area (TPSA) is 93.7 Å². The first kappa shape index (κ1) is 21.6. The van der Waals surface area contributed by atoms with Crippen LogP contribution in [0, 0.1) is 0 Å². The predicted octanol–water partition coefficient (Wildman–Crippen LogP) is 1.80. The molecule has 144 valence electrons. The molecule has 0 aliphatic carbocycles. The van der Waals surface area contributed by atoms with Crippen LogP contribution < -0.4 is 10.6 Å². The van der Waals surface area contributed by atoms with Crippen molar-refractivity contribution >= 4 is 17.8 Å². The standard InChI is InChI=1S/C19H28N2O5/c1-5-10-20-18(23)14(4)21-17(22)12-26-19(24)16-8-6-15(7-9-16)11-25-13(2)3/h6-9,13-14H,5,10-12H2,1-4H3,(H,20,23)(H,21,22)/t14-/m0/s1. The van der Waals surface area contributed by atoms with Crippen molar-refractivity contribution in [2.45, 2.75) is 52.9 Å². The molecule has 2 N–H and O–H groups in total. The van der Waals surface area contributed by atoms with E-state index < -0.39 is 24.5 Å². The van der Waals surface area contributed by atoms with Gasteiger partial charge in [-0.1, -0.05) is 19.1 Å². The van der Waals surface area contributed by atoms with E-state index in [0.717, 1.165) is 12.0 Å². The highest BCUT2D eigenvalue weighted by molar-refractivity contribution is 5.92. The van der Waals surface area contributed by atoms with E-state index in [1.807, 2.05) is 20.8 Å². The molecule has 0 radical (unpaired) electrons. The van der Waals surface area contributed by atoms with Gasteiger partial charge in [0.15, 0.2) is 6.61 Å². The monoisotopic (exact) mass is 364 g/mol. The summed E-state index contributed by atoms with van der Waals surface area (Å²) in [5.41, 5.74) is 1.29. The van der Waals surface area contributed by atoms with Crippen LogP contribution in [-0.4, -0.2) is 43.1 Å². The van der Waals surface area contributed by atoms with Crippen LogP contribution in [0.25, 0.3) is 0 Å². The third-order valence-corrected chi connectivity index (χ3v) is 3.43. The zero-order chi connectivity index (χ0) is 19.5. The normalized spacial score (nSPS) is 11.7. The highest BCUT2D eigenvalue weighted by Crippen LogP contribution is 2.08. The molecule has 0 unspecified atom stereocenters. The maximum Gasteiger partial charge on any atom is 0.338 e. The Morgan fingerprint density at radius 1 is 1.08 bits per heavy atom. The van der Waals surface area contributed by atoms with Crippen molar-refractivity contribution in [3.8, 4) is 0 Å². The van der Waals surface area contributed by atoms with Crippen molar-refractivity contribution in [1.82, 2.24) is 10.6 Å². The van der Waals surface area contributed by atoms with Crippen LogP contribution >= 0.6 is 0 Å². The summed E-state index contributed by atoms with van der Waals surface area (Å²) in [6, 6.07) is 6.12. The van der Waals surface area contributed by atoms with Crippen LogP contribution in [0.1, 0.15) is 50.0 Å². The van der Waals surface area contributed by atoms with Gasteiger partial charge in [0.2, 0.25) is 5.91 Å². The van der Waals surface area contributed by atoms with E-state index in [1.54, 1.807) is 31.2 Å². The summed E-state index contributed by atoms with van der Waals surface area (Å²) in [5, 5.41) is 5.17. The van der Waals surface area contributed by atoms with E-state index in [-0.39, 0.29) is 12.0 Å². The van der Waals surface area contributed by atoms with Crippen LogP contribution in [0.3, 0.4) is 0 Å². The Kier molecular flexibility index (Phi) is 9.36. The third kappa shape index (κ3) is 8.11. The second-order valence-electron chi connectivity index (χ2n) is 6.21. The van der Waals surface area contributed by atoms with Gasteiger partial charge in [-0.05, 0) is 44.9 Å². The second kappa shape index (κ2) is 11.3. The Bertz CT molecular complexity index is 598. The molecule has 0 heterocycles. The molecule has 0 spiro atoms. The first-order valence-electron chi connectivity index (χ1n) is 8.78. The number of nitrogens with one attached hydrogen (secondary N) is 2. The van der Waals surface area contributed by atoms with Crippen LogP contribution in [-0.2, 0) is 25.7 Å². The van der Waals surface area contributed by atoms with Crippen molar-refractivity contribution in [3.05, 3.63) is 35.4 Å². The zero-order valence-electron chi connectivity index (χ0n) is 15.8. The van der Waals surface area contributed by atoms with Crippen molar-refractivity contribution in [2.24, 2.45) is 0 Å². The van der Waals surface area contributed by atoms with Gasteiger partial charge >= 0.3 is 5.97 Å². The first-order valence-corrected chi connectivity index (χ1v) is 8.78. The minimum atomic E-state index is -0.687.